The molecule has 0 saturated heterocycles. The van der Waals surface area contributed by atoms with Crippen LogP contribution in [0.15, 0.2) is 78.9 Å². The third kappa shape index (κ3) is 4.35. The number of nitrogens with one attached hydrogen (secondary N) is 2. The Balaban J connectivity index is 1.49. The van der Waals surface area contributed by atoms with Crippen LogP contribution in [-0.2, 0) is 0 Å². The van der Waals surface area contributed by atoms with Gasteiger partial charge in [0.1, 0.15) is 11.8 Å². The molecule has 1 aliphatic heterocycles. The van der Waals surface area contributed by atoms with Crippen molar-refractivity contribution in [3.8, 4) is 5.75 Å². The molecule has 1 unspecified atom stereocenters. The van der Waals surface area contributed by atoms with Crippen LogP contribution < -0.4 is 15.4 Å². The van der Waals surface area contributed by atoms with E-state index in [-0.39, 0.29) is 17.9 Å². The van der Waals surface area contributed by atoms with E-state index in [2.05, 4.69) is 20.7 Å². The van der Waals surface area contributed by atoms with Crippen LogP contribution in [0.3, 0.4) is 0 Å². The van der Waals surface area contributed by atoms with Gasteiger partial charge in [-0.3, -0.25) is 10.1 Å². The van der Waals surface area contributed by atoms with Crippen molar-refractivity contribution in [1.29, 1.82) is 0 Å². The summed E-state index contributed by atoms with van der Waals surface area (Å²) in [5.74, 6) is 0.985. The van der Waals surface area contributed by atoms with Crippen LogP contribution in [0.5, 0.6) is 5.75 Å². The molecule has 7 nitrogen and oxygen atoms in total. The third-order valence-corrected chi connectivity index (χ3v) is 6.02. The second-order valence-corrected chi connectivity index (χ2v) is 8.41. The zero-order valence-electron chi connectivity index (χ0n) is 18.0. The fraction of sp³-hybridized carbons (Fsp3) is 0.0800. The van der Waals surface area contributed by atoms with Gasteiger partial charge in [0.05, 0.1) is 7.11 Å². The van der Waals surface area contributed by atoms with E-state index in [0.717, 1.165) is 16.8 Å². The molecule has 3 aromatic carbocycles. The molecular formula is C25H19Cl2N5O2. The predicted molar refractivity (Wildman–Crippen MR) is 134 cm³/mol. The Labute approximate surface area is 206 Å². The van der Waals surface area contributed by atoms with E-state index in [4.69, 9.17) is 27.9 Å². The Morgan fingerprint density at radius 3 is 2.47 bits per heavy atom. The maximum atomic E-state index is 12.7. The molecule has 2 heterocycles. The molecule has 0 fully saturated rings. The highest BCUT2D eigenvalue weighted by molar-refractivity contribution is 6.31. The second-order valence-electron chi connectivity index (χ2n) is 7.56. The van der Waals surface area contributed by atoms with Gasteiger partial charge in [0.25, 0.3) is 11.9 Å². The monoisotopic (exact) mass is 491 g/mol. The predicted octanol–water partition coefficient (Wildman–Crippen LogP) is 5.90. The molecule has 0 bridgehead atoms. The minimum absolute atomic E-state index is 0.172. The molecule has 170 valence electrons. The third-order valence-electron chi connectivity index (χ3n) is 5.42. The molecule has 2 N–H and O–H groups in total. The summed E-state index contributed by atoms with van der Waals surface area (Å²) < 4.78 is 6.85. The van der Waals surface area contributed by atoms with Crippen LogP contribution >= 0.6 is 23.2 Å². The van der Waals surface area contributed by atoms with E-state index in [1.54, 1.807) is 36.1 Å². The van der Waals surface area contributed by atoms with E-state index in [0.29, 0.717) is 27.3 Å². The number of amides is 1. The number of halogens is 2. The highest BCUT2D eigenvalue weighted by atomic mass is 35.5. The van der Waals surface area contributed by atoms with E-state index in [1.807, 2.05) is 54.6 Å². The van der Waals surface area contributed by atoms with Gasteiger partial charge in [-0.2, -0.15) is 4.98 Å². The summed E-state index contributed by atoms with van der Waals surface area (Å²) in [7, 11) is 1.57. The number of carbonyl (C=O) groups excluding carboxylic acids is 1. The molecule has 0 spiro atoms. The van der Waals surface area contributed by atoms with Crippen molar-refractivity contribution in [3.05, 3.63) is 106 Å². The van der Waals surface area contributed by atoms with Gasteiger partial charge in [-0.05, 0) is 59.7 Å². The van der Waals surface area contributed by atoms with E-state index in [1.165, 1.54) is 0 Å². The minimum atomic E-state index is -0.338. The second kappa shape index (κ2) is 9.21. The Bertz CT molecular complexity index is 1380. The number of nitrogens with zero attached hydrogens (tertiary/aromatic N) is 3. The van der Waals surface area contributed by atoms with E-state index < -0.39 is 0 Å². The van der Waals surface area contributed by atoms with Crippen LogP contribution in [0.4, 0.5) is 11.9 Å². The van der Waals surface area contributed by atoms with Crippen LogP contribution in [-0.4, -0.2) is 27.8 Å². The maximum Gasteiger partial charge on any atom is 0.258 e. The fourth-order valence-electron chi connectivity index (χ4n) is 3.70. The number of ether oxygens (including phenoxy) is 1. The van der Waals surface area contributed by atoms with Gasteiger partial charge >= 0.3 is 0 Å². The maximum absolute atomic E-state index is 12.7. The summed E-state index contributed by atoms with van der Waals surface area (Å²) in [4.78, 5) is 17.3. The lowest BCUT2D eigenvalue weighted by Crippen LogP contribution is -2.20. The van der Waals surface area contributed by atoms with Gasteiger partial charge in [-0.25, -0.2) is 4.68 Å². The van der Waals surface area contributed by atoms with Crippen molar-refractivity contribution in [1.82, 2.24) is 14.8 Å². The van der Waals surface area contributed by atoms with Gasteiger partial charge in [0.2, 0.25) is 5.95 Å². The lowest BCUT2D eigenvalue weighted by Gasteiger charge is -2.24. The largest absolute Gasteiger partial charge is 0.497 e. The highest BCUT2D eigenvalue weighted by Gasteiger charge is 2.27. The average molecular weight is 492 g/mol. The number of methoxy groups -OCH3 is 1. The van der Waals surface area contributed by atoms with Crippen LogP contribution in [0.25, 0.3) is 5.70 Å². The standard InChI is InChI=1S/C25H19Cl2N5O2/c1-34-18-12-8-16(9-13-18)23(33)29-24-30-25-28-21(15-6-10-17(26)11-7-15)14-22(32(25)31-24)19-4-2-3-5-20(19)27/h2-14,22H,1H3,(H2,28,29,30,31,33). The Morgan fingerprint density at radius 1 is 1.03 bits per heavy atom. The lowest BCUT2D eigenvalue weighted by molar-refractivity contribution is 0.102. The van der Waals surface area contributed by atoms with Gasteiger partial charge in [-0.15, -0.1) is 5.10 Å². The summed E-state index contributed by atoms with van der Waals surface area (Å²) in [6, 6.07) is 21.5. The zero-order chi connectivity index (χ0) is 23.7. The molecular weight excluding hydrogens is 473 g/mol. The topological polar surface area (TPSA) is 81.1 Å². The molecule has 9 heteroatoms. The average Bonchev–Trinajstić information content (AvgIpc) is 3.26. The molecule has 1 atom stereocenters. The molecule has 1 amide bonds. The van der Waals surface area contributed by atoms with Crippen molar-refractivity contribution in [3.63, 3.8) is 0 Å². The van der Waals surface area contributed by atoms with Gasteiger partial charge in [0.15, 0.2) is 0 Å². The summed E-state index contributed by atoms with van der Waals surface area (Å²) in [5.41, 5.74) is 3.08. The first-order chi connectivity index (χ1) is 16.5. The van der Waals surface area contributed by atoms with E-state index >= 15 is 0 Å². The number of rotatable bonds is 5. The molecule has 1 aromatic heterocycles. The number of carbonyl (C=O) groups is 1. The number of anilines is 2. The molecule has 34 heavy (non-hydrogen) atoms. The molecule has 0 radical (unpaired) electrons. The Hall–Kier alpha value is -3.81. The van der Waals surface area contributed by atoms with Crippen LogP contribution in [0.2, 0.25) is 10.0 Å². The first kappa shape index (κ1) is 22.0. The molecule has 4 aromatic rings. The van der Waals surface area contributed by atoms with Crippen molar-refractivity contribution >= 4 is 46.7 Å². The molecule has 0 aliphatic carbocycles. The van der Waals surface area contributed by atoms with Gasteiger partial charge < -0.3 is 10.1 Å². The number of benzene rings is 3. The van der Waals surface area contributed by atoms with Crippen molar-refractivity contribution in [2.45, 2.75) is 6.04 Å². The Morgan fingerprint density at radius 2 is 1.76 bits per heavy atom. The summed E-state index contributed by atoms with van der Waals surface area (Å²) in [6.45, 7) is 0. The smallest absolute Gasteiger partial charge is 0.258 e. The highest BCUT2D eigenvalue weighted by Crippen LogP contribution is 2.36. The fourth-order valence-corrected chi connectivity index (χ4v) is 4.07. The number of hydrogen-bond donors (Lipinski definition) is 2. The first-order valence-corrected chi connectivity index (χ1v) is 11.2. The number of fused-ring (bicyclic) bond motifs is 1. The van der Waals surface area contributed by atoms with Crippen LogP contribution in [0.1, 0.15) is 27.5 Å². The Kier molecular flexibility index (Phi) is 5.96. The quantitative estimate of drug-likeness (QED) is 0.363. The lowest BCUT2D eigenvalue weighted by atomic mass is 10.0. The number of hydrogen-bond acceptors (Lipinski definition) is 5. The summed E-state index contributed by atoms with van der Waals surface area (Å²) in [6.07, 6.45) is 2.02. The number of aromatic nitrogens is 3. The van der Waals surface area contributed by atoms with Gasteiger partial charge in [0, 0.05) is 21.3 Å². The molecule has 1 aliphatic rings. The van der Waals surface area contributed by atoms with Crippen molar-refractivity contribution in [2.24, 2.45) is 0 Å². The number of allylic oxidation sites excluding steroid dienone is 1. The normalized spacial score (nSPS) is 14.6. The summed E-state index contributed by atoms with van der Waals surface area (Å²) >= 11 is 12.6. The minimum Gasteiger partial charge on any atom is -0.497 e. The van der Waals surface area contributed by atoms with Gasteiger partial charge in [-0.1, -0.05) is 53.5 Å². The van der Waals surface area contributed by atoms with Crippen molar-refractivity contribution < 1.29 is 9.53 Å². The molecule has 5 rings (SSSR count). The first-order valence-electron chi connectivity index (χ1n) is 10.4. The van der Waals surface area contributed by atoms with Crippen LogP contribution in [0, 0.1) is 0 Å². The molecule has 0 saturated carbocycles. The van der Waals surface area contributed by atoms with Crippen molar-refractivity contribution in [2.75, 3.05) is 17.7 Å². The van der Waals surface area contributed by atoms with E-state index in [9.17, 15) is 4.79 Å². The SMILES string of the molecule is COc1ccc(C(=O)Nc2nc3n(n2)C(c2ccccc2Cl)C=C(c2ccc(Cl)cc2)N3)cc1. The zero-order valence-corrected chi connectivity index (χ0v) is 19.5. The summed E-state index contributed by atoms with van der Waals surface area (Å²) in [5, 5.41) is 11.9.